The van der Waals surface area contributed by atoms with Gasteiger partial charge in [0.25, 0.3) is 0 Å². The Morgan fingerprint density at radius 2 is 1.91 bits per heavy atom. The Bertz CT molecular complexity index is 1130. The molecule has 0 aliphatic carbocycles. The minimum atomic E-state index is 0.373. The van der Waals surface area contributed by atoms with Crippen LogP contribution in [-0.2, 0) is 17.8 Å². The van der Waals surface area contributed by atoms with Gasteiger partial charge in [0.1, 0.15) is 11.6 Å². The van der Waals surface area contributed by atoms with E-state index in [1.54, 1.807) is 0 Å². The fraction of sp³-hybridized carbons (Fsp3) is 0.480. The van der Waals surface area contributed by atoms with Gasteiger partial charge < -0.3 is 9.64 Å². The van der Waals surface area contributed by atoms with Crippen molar-refractivity contribution in [2.75, 3.05) is 31.2 Å². The number of piperidine rings is 1. The molecule has 0 saturated carbocycles. The number of pyridine rings is 1. The third-order valence-corrected chi connectivity index (χ3v) is 7.49. The molecule has 1 atom stereocenters. The van der Waals surface area contributed by atoms with Crippen molar-refractivity contribution in [2.24, 2.45) is 0 Å². The summed E-state index contributed by atoms with van der Waals surface area (Å²) in [5.74, 6) is 3.53. The first-order chi connectivity index (χ1) is 16.2. The molecule has 2 saturated heterocycles. The van der Waals surface area contributed by atoms with Gasteiger partial charge in [-0.2, -0.15) is 0 Å². The Morgan fingerprint density at radius 3 is 2.67 bits per heavy atom. The van der Waals surface area contributed by atoms with E-state index < -0.39 is 0 Å². The molecule has 3 aliphatic rings. The number of anilines is 1. The lowest BCUT2D eigenvalue weighted by Gasteiger charge is -2.32. The van der Waals surface area contributed by atoms with Crippen molar-refractivity contribution in [3.05, 3.63) is 64.3 Å². The second kappa shape index (κ2) is 8.70. The number of rotatable bonds is 3. The maximum atomic E-state index is 6.42. The van der Waals surface area contributed by atoms with Gasteiger partial charge in [0, 0.05) is 49.4 Å². The molecule has 3 aliphatic heterocycles. The van der Waals surface area contributed by atoms with E-state index in [1.165, 1.54) is 16.8 Å². The molecule has 8 heteroatoms. The molecule has 0 N–H and O–H groups in total. The van der Waals surface area contributed by atoms with Crippen LogP contribution in [0.15, 0.2) is 36.5 Å². The van der Waals surface area contributed by atoms with Crippen LogP contribution >= 0.6 is 11.6 Å². The van der Waals surface area contributed by atoms with Crippen molar-refractivity contribution in [1.29, 1.82) is 0 Å². The van der Waals surface area contributed by atoms with E-state index in [0.29, 0.717) is 12.0 Å². The quantitative estimate of drug-likeness (QED) is 0.581. The van der Waals surface area contributed by atoms with Gasteiger partial charge in [-0.05, 0) is 61.6 Å². The average molecular weight is 465 g/mol. The van der Waals surface area contributed by atoms with Gasteiger partial charge in [-0.3, -0.25) is 9.47 Å². The van der Waals surface area contributed by atoms with Gasteiger partial charge in [-0.15, -0.1) is 10.2 Å². The van der Waals surface area contributed by atoms with Gasteiger partial charge >= 0.3 is 0 Å². The first-order valence-corrected chi connectivity index (χ1v) is 12.3. The molecular weight excluding hydrogens is 436 g/mol. The summed E-state index contributed by atoms with van der Waals surface area (Å²) in [5, 5.41) is 10.2. The molecule has 3 aromatic rings. The number of aromatic nitrogens is 4. The van der Waals surface area contributed by atoms with E-state index >= 15 is 0 Å². The van der Waals surface area contributed by atoms with Crippen LogP contribution in [0.2, 0.25) is 5.02 Å². The molecule has 2 aromatic heterocycles. The highest BCUT2D eigenvalue weighted by atomic mass is 35.5. The van der Waals surface area contributed by atoms with Gasteiger partial charge in [-0.25, -0.2) is 4.98 Å². The van der Waals surface area contributed by atoms with Crippen LogP contribution in [0.4, 0.5) is 5.82 Å². The maximum Gasteiger partial charge on any atom is 0.151 e. The summed E-state index contributed by atoms with van der Waals surface area (Å²) < 4.78 is 8.00. The number of nitrogens with zero attached hydrogens (tertiary/aromatic N) is 6. The largest absolute Gasteiger partial charge is 0.380 e. The third-order valence-electron chi connectivity index (χ3n) is 7.26. The molecule has 5 heterocycles. The highest BCUT2D eigenvalue weighted by Crippen LogP contribution is 2.35. The van der Waals surface area contributed by atoms with Crippen molar-refractivity contribution in [3.8, 4) is 5.69 Å². The SMILES string of the molecule is Cc1ccc(N2CCC(c3nnc4n3-c3ccc(Cl)cc3CN([C@@H]3CCOC3)C4)CC2)nc1. The molecule has 0 radical (unpaired) electrons. The van der Waals surface area contributed by atoms with Crippen molar-refractivity contribution >= 4 is 17.4 Å². The maximum absolute atomic E-state index is 6.42. The Kier molecular flexibility index (Phi) is 5.56. The molecule has 0 spiro atoms. The Labute approximate surface area is 199 Å². The van der Waals surface area contributed by atoms with Gasteiger partial charge in [0.05, 0.1) is 18.8 Å². The summed E-state index contributed by atoms with van der Waals surface area (Å²) in [6.07, 6.45) is 5.08. The lowest BCUT2D eigenvalue weighted by molar-refractivity contribution is 0.133. The van der Waals surface area contributed by atoms with E-state index in [2.05, 4.69) is 50.5 Å². The minimum absolute atomic E-state index is 0.373. The zero-order chi connectivity index (χ0) is 22.4. The standard InChI is InChI=1S/C25H29ClN6O/c1-17-2-5-23(27-13-17)30-9-6-18(7-10-30)25-29-28-24-15-31(21-8-11-33-16-21)14-19-12-20(26)3-4-22(19)32(24)25/h2-5,12-13,18,21H,6-11,14-16H2,1H3/t21-/m1/s1. The molecule has 33 heavy (non-hydrogen) atoms. The number of benzene rings is 1. The fourth-order valence-electron chi connectivity index (χ4n) is 5.40. The predicted molar refractivity (Wildman–Crippen MR) is 128 cm³/mol. The second-order valence-corrected chi connectivity index (χ2v) is 9.90. The summed E-state index contributed by atoms with van der Waals surface area (Å²) >= 11 is 6.42. The highest BCUT2D eigenvalue weighted by molar-refractivity contribution is 6.30. The van der Waals surface area contributed by atoms with Crippen molar-refractivity contribution in [2.45, 2.75) is 51.2 Å². The monoisotopic (exact) mass is 464 g/mol. The van der Waals surface area contributed by atoms with E-state index in [4.69, 9.17) is 26.5 Å². The first kappa shape index (κ1) is 21.1. The fourth-order valence-corrected chi connectivity index (χ4v) is 5.59. The zero-order valence-electron chi connectivity index (χ0n) is 19.0. The Hall–Kier alpha value is -2.48. The second-order valence-electron chi connectivity index (χ2n) is 9.46. The molecular formula is C25H29ClN6O. The normalized spacial score (nSPS) is 21.6. The smallest absolute Gasteiger partial charge is 0.151 e. The van der Waals surface area contributed by atoms with E-state index in [-0.39, 0.29) is 0 Å². The molecule has 0 amide bonds. The van der Waals surface area contributed by atoms with Gasteiger partial charge in [-0.1, -0.05) is 17.7 Å². The topological polar surface area (TPSA) is 59.3 Å². The molecule has 7 nitrogen and oxygen atoms in total. The number of aryl methyl sites for hydroxylation is 1. The van der Waals surface area contributed by atoms with Crippen LogP contribution in [0.5, 0.6) is 0 Å². The summed E-state index contributed by atoms with van der Waals surface area (Å²) in [6.45, 7) is 7.26. The van der Waals surface area contributed by atoms with Crippen LogP contribution in [0.25, 0.3) is 5.69 Å². The lowest BCUT2D eigenvalue weighted by atomic mass is 9.95. The molecule has 172 valence electrons. The zero-order valence-corrected chi connectivity index (χ0v) is 19.7. The minimum Gasteiger partial charge on any atom is -0.380 e. The molecule has 1 aromatic carbocycles. The van der Waals surface area contributed by atoms with Crippen molar-refractivity contribution in [1.82, 2.24) is 24.6 Å². The van der Waals surface area contributed by atoms with Crippen LogP contribution in [-0.4, -0.2) is 57.0 Å². The van der Waals surface area contributed by atoms with Crippen LogP contribution in [0.1, 0.15) is 48.0 Å². The van der Waals surface area contributed by atoms with Crippen LogP contribution in [0, 0.1) is 6.92 Å². The highest BCUT2D eigenvalue weighted by Gasteiger charge is 2.33. The van der Waals surface area contributed by atoms with Crippen LogP contribution < -0.4 is 4.90 Å². The summed E-state index contributed by atoms with van der Waals surface area (Å²) in [6, 6.07) is 10.9. The lowest BCUT2D eigenvalue weighted by Crippen LogP contribution is -2.34. The molecule has 2 fully saturated rings. The molecule has 0 bridgehead atoms. The van der Waals surface area contributed by atoms with E-state index in [0.717, 1.165) is 81.1 Å². The summed E-state index contributed by atoms with van der Waals surface area (Å²) in [7, 11) is 0. The Morgan fingerprint density at radius 1 is 1.03 bits per heavy atom. The number of halogens is 1. The number of hydrogen-bond acceptors (Lipinski definition) is 6. The molecule has 6 rings (SSSR count). The van der Waals surface area contributed by atoms with Gasteiger partial charge in [0.15, 0.2) is 5.82 Å². The first-order valence-electron chi connectivity index (χ1n) is 11.9. The number of hydrogen-bond donors (Lipinski definition) is 0. The van der Waals surface area contributed by atoms with Crippen LogP contribution in [0.3, 0.4) is 0 Å². The van der Waals surface area contributed by atoms with E-state index in [9.17, 15) is 0 Å². The summed E-state index contributed by atoms with van der Waals surface area (Å²) in [5.41, 5.74) is 3.59. The number of ether oxygens (including phenoxy) is 1. The van der Waals surface area contributed by atoms with Crippen molar-refractivity contribution in [3.63, 3.8) is 0 Å². The Balaban J connectivity index is 1.29. The predicted octanol–water partition coefficient (Wildman–Crippen LogP) is 4.11. The number of fused-ring (bicyclic) bond motifs is 3. The van der Waals surface area contributed by atoms with Crippen molar-refractivity contribution < 1.29 is 4.74 Å². The third kappa shape index (κ3) is 4.03. The van der Waals surface area contributed by atoms with E-state index in [1.807, 2.05) is 12.3 Å². The average Bonchev–Trinajstić information content (AvgIpc) is 3.48. The molecule has 0 unspecified atom stereocenters. The van der Waals surface area contributed by atoms with Gasteiger partial charge in [0.2, 0.25) is 0 Å². The summed E-state index contributed by atoms with van der Waals surface area (Å²) in [4.78, 5) is 9.48.